The van der Waals surface area contributed by atoms with Gasteiger partial charge in [-0.3, -0.25) is 0 Å². The molecule has 0 aliphatic rings. The fourth-order valence-corrected chi connectivity index (χ4v) is 3.83. The molecule has 170 valence electrons. The van der Waals surface area contributed by atoms with Gasteiger partial charge in [0.15, 0.2) is 17.1 Å². The van der Waals surface area contributed by atoms with Crippen molar-refractivity contribution in [2.24, 2.45) is 0 Å². The molecule has 7 heteroatoms. The number of hydrogen-bond donors (Lipinski definition) is 1. The minimum Gasteiger partial charge on any atom is -0.493 e. The van der Waals surface area contributed by atoms with Crippen LogP contribution in [-0.4, -0.2) is 28.8 Å². The first-order chi connectivity index (χ1) is 16.6. The van der Waals surface area contributed by atoms with Crippen LogP contribution >= 0.6 is 0 Å². The van der Waals surface area contributed by atoms with Gasteiger partial charge >= 0.3 is 0 Å². The first-order valence-corrected chi connectivity index (χ1v) is 10.8. The molecular weight excluding hydrogens is 428 g/mol. The molecule has 5 rings (SSSR count). The summed E-state index contributed by atoms with van der Waals surface area (Å²) in [6, 6.07) is 23.3. The Kier molecular flexibility index (Phi) is 5.74. The van der Waals surface area contributed by atoms with Crippen LogP contribution in [0.5, 0.6) is 23.0 Å². The Morgan fingerprint density at radius 2 is 1.62 bits per heavy atom. The number of aryl methyl sites for hydroxylation is 1. The van der Waals surface area contributed by atoms with E-state index in [0.717, 1.165) is 45.3 Å². The van der Waals surface area contributed by atoms with Crippen LogP contribution in [0.25, 0.3) is 16.8 Å². The molecule has 34 heavy (non-hydrogen) atoms. The van der Waals surface area contributed by atoms with Crippen LogP contribution in [0.4, 0.5) is 11.5 Å². The van der Waals surface area contributed by atoms with E-state index in [0.29, 0.717) is 11.6 Å². The molecule has 5 aromatic rings. The molecule has 1 N–H and O–H groups in total. The molecule has 0 amide bonds. The molecule has 3 aromatic carbocycles. The molecule has 0 saturated heterocycles. The number of anilines is 2. The lowest BCUT2D eigenvalue weighted by Crippen LogP contribution is -1.98. The highest BCUT2D eigenvalue weighted by molar-refractivity contribution is 5.80. The highest BCUT2D eigenvalue weighted by Gasteiger charge is 2.15. The first kappa shape index (κ1) is 21.3. The number of benzene rings is 3. The fourth-order valence-electron chi connectivity index (χ4n) is 3.83. The van der Waals surface area contributed by atoms with Gasteiger partial charge in [0.05, 0.1) is 20.4 Å². The molecule has 0 aliphatic heterocycles. The van der Waals surface area contributed by atoms with Crippen LogP contribution in [0.2, 0.25) is 0 Å². The van der Waals surface area contributed by atoms with Gasteiger partial charge in [0.2, 0.25) is 0 Å². The lowest BCUT2D eigenvalue weighted by molar-refractivity contribution is 0.353. The van der Waals surface area contributed by atoms with E-state index >= 15 is 0 Å². The molecule has 0 saturated carbocycles. The molecule has 0 fully saturated rings. The van der Waals surface area contributed by atoms with E-state index in [1.54, 1.807) is 18.7 Å². The Morgan fingerprint density at radius 1 is 0.853 bits per heavy atom. The van der Waals surface area contributed by atoms with Gasteiger partial charge in [0.25, 0.3) is 0 Å². The second-order valence-corrected chi connectivity index (χ2v) is 7.73. The van der Waals surface area contributed by atoms with Crippen molar-refractivity contribution >= 4 is 17.2 Å². The van der Waals surface area contributed by atoms with Crippen molar-refractivity contribution < 1.29 is 14.2 Å². The first-order valence-electron chi connectivity index (χ1n) is 10.8. The summed E-state index contributed by atoms with van der Waals surface area (Å²) in [7, 11) is 3.27. The second kappa shape index (κ2) is 9.15. The third-order valence-electron chi connectivity index (χ3n) is 5.45. The Hall–Kier alpha value is -4.52. The van der Waals surface area contributed by atoms with Gasteiger partial charge in [-0.05, 0) is 72.6 Å². The van der Waals surface area contributed by atoms with Crippen LogP contribution in [0, 0.1) is 6.92 Å². The summed E-state index contributed by atoms with van der Waals surface area (Å²) in [4.78, 5) is 4.81. The van der Waals surface area contributed by atoms with Crippen molar-refractivity contribution in [2.45, 2.75) is 6.92 Å². The van der Waals surface area contributed by atoms with Crippen molar-refractivity contribution in [1.82, 2.24) is 14.6 Å². The van der Waals surface area contributed by atoms with Gasteiger partial charge in [0.1, 0.15) is 17.3 Å². The summed E-state index contributed by atoms with van der Waals surface area (Å²) in [5.74, 6) is 3.67. The van der Waals surface area contributed by atoms with Crippen molar-refractivity contribution in [3.8, 4) is 34.1 Å². The molecular formula is C27H24N4O3. The molecule has 0 aliphatic carbocycles. The van der Waals surface area contributed by atoms with E-state index < -0.39 is 0 Å². The third kappa shape index (κ3) is 4.23. The number of hydrogen-bond acceptors (Lipinski definition) is 6. The number of para-hydroxylation sites is 1. The van der Waals surface area contributed by atoms with Crippen molar-refractivity contribution in [1.29, 1.82) is 0 Å². The summed E-state index contributed by atoms with van der Waals surface area (Å²) in [5.41, 5.74) is 4.47. The summed E-state index contributed by atoms with van der Waals surface area (Å²) in [5, 5.41) is 7.82. The SMILES string of the molecule is COc1cc(-c2cnn3ccc(Nc4ccc(Oc5ccccc5)cc4)nc23)cc(C)c1OC. The quantitative estimate of drug-likeness (QED) is 0.314. The molecule has 7 nitrogen and oxygen atoms in total. The maximum absolute atomic E-state index is 5.87. The molecule has 2 heterocycles. The topological polar surface area (TPSA) is 69.9 Å². The van der Waals surface area contributed by atoms with Crippen molar-refractivity contribution in [3.63, 3.8) is 0 Å². The monoisotopic (exact) mass is 452 g/mol. The molecule has 0 bridgehead atoms. The average Bonchev–Trinajstić information content (AvgIpc) is 3.28. The van der Waals surface area contributed by atoms with E-state index in [2.05, 4.69) is 10.4 Å². The van der Waals surface area contributed by atoms with E-state index in [1.807, 2.05) is 92.1 Å². The number of ether oxygens (including phenoxy) is 3. The fraction of sp³-hybridized carbons (Fsp3) is 0.111. The normalized spacial score (nSPS) is 10.8. The summed E-state index contributed by atoms with van der Waals surface area (Å²) >= 11 is 0. The lowest BCUT2D eigenvalue weighted by Gasteiger charge is -2.12. The number of aromatic nitrogens is 3. The zero-order valence-electron chi connectivity index (χ0n) is 19.1. The number of fused-ring (bicyclic) bond motifs is 1. The summed E-state index contributed by atoms with van der Waals surface area (Å²) in [6.45, 7) is 1.99. The predicted molar refractivity (Wildman–Crippen MR) is 133 cm³/mol. The lowest BCUT2D eigenvalue weighted by atomic mass is 10.0. The zero-order valence-corrected chi connectivity index (χ0v) is 19.1. The van der Waals surface area contributed by atoms with Crippen LogP contribution in [0.1, 0.15) is 5.56 Å². The standard InChI is InChI=1S/C27H24N4O3/c1-18-15-19(16-24(32-2)26(18)33-3)23-17-28-31-14-13-25(30-27(23)31)29-20-9-11-22(12-10-20)34-21-7-5-4-6-8-21/h4-17H,1-3H3,(H,29,30). The van der Waals surface area contributed by atoms with Gasteiger partial charge in [-0.1, -0.05) is 18.2 Å². The Morgan fingerprint density at radius 3 is 2.35 bits per heavy atom. The molecule has 0 radical (unpaired) electrons. The van der Waals surface area contributed by atoms with Crippen molar-refractivity contribution in [3.05, 3.63) is 90.8 Å². The number of methoxy groups -OCH3 is 2. The van der Waals surface area contributed by atoms with Crippen LogP contribution < -0.4 is 19.5 Å². The largest absolute Gasteiger partial charge is 0.493 e. The maximum Gasteiger partial charge on any atom is 0.165 e. The highest BCUT2D eigenvalue weighted by Crippen LogP contribution is 2.37. The summed E-state index contributed by atoms with van der Waals surface area (Å²) < 4.78 is 18.6. The second-order valence-electron chi connectivity index (χ2n) is 7.73. The molecule has 0 spiro atoms. The average molecular weight is 453 g/mol. The van der Waals surface area contributed by atoms with E-state index in [9.17, 15) is 0 Å². The minimum atomic E-state index is 0.670. The number of rotatable bonds is 7. The van der Waals surface area contributed by atoms with Gasteiger partial charge in [-0.25, -0.2) is 9.50 Å². The maximum atomic E-state index is 5.87. The van der Waals surface area contributed by atoms with E-state index in [1.165, 1.54) is 0 Å². The Balaban J connectivity index is 1.41. The molecule has 0 unspecified atom stereocenters. The van der Waals surface area contributed by atoms with Gasteiger partial charge in [-0.15, -0.1) is 0 Å². The zero-order chi connectivity index (χ0) is 23.5. The Labute approximate surface area is 197 Å². The van der Waals surface area contributed by atoms with Gasteiger partial charge < -0.3 is 19.5 Å². The number of nitrogens with one attached hydrogen (secondary N) is 1. The van der Waals surface area contributed by atoms with Crippen LogP contribution in [-0.2, 0) is 0 Å². The summed E-state index contributed by atoms with van der Waals surface area (Å²) in [6.07, 6.45) is 3.69. The number of nitrogens with zero attached hydrogens (tertiary/aromatic N) is 3. The molecule has 0 atom stereocenters. The van der Waals surface area contributed by atoms with Gasteiger partial charge in [-0.2, -0.15) is 5.10 Å². The van der Waals surface area contributed by atoms with Crippen LogP contribution in [0.3, 0.4) is 0 Å². The molecule has 2 aromatic heterocycles. The van der Waals surface area contributed by atoms with E-state index in [4.69, 9.17) is 19.2 Å². The van der Waals surface area contributed by atoms with Crippen LogP contribution in [0.15, 0.2) is 85.2 Å². The third-order valence-corrected chi connectivity index (χ3v) is 5.45. The predicted octanol–water partition coefficient (Wildman–Crippen LogP) is 6.26. The smallest absolute Gasteiger partial charge is 0.165 e. The van der Waals surface area contributed by atoms with Crippen molar-refractivity contribution in [2.75, 3.05) is 19.5 Å². The highest BCUT2D eigenvalue weighted by atomic mass is 16.5. The minimum absolute atomic E-state index is 0.670. The Bertz CT molecular complexity index is 1430. The van der Waals surface area contributed by atoms with E-state index in [-0.39, 0.29) is 0 Å². The van der Waals surface area contributed by atoms with Gasteiger partial charge in [0, 0.05) is 17.4 Å².